The molecule has 2 fully saturated rings. The first kappa shape index (κ1) is 29.0. The molecule has 0 spiro atoms. The van der Waals surface area contributed by atoms with Crippen LogP contribution in [0.2, 0.25) is 0 Å². The Balaban J connectivity index is 1.31. The predicted octanol–water partition coefficient (Wildman–Crippen LogP) is 4.17. The van der Waals surface area contributed by atoms with Crippen molar-refractivity contribution in [3.63, 3.8) is 0 Å². The first-order valence-corrected chi connectivity index (χ1v) is 13.8. The van der Waals surface area contributed by atoms with E-state index in [4.69, 9.17) is 10.5 Å². The average Bonchev–Trinajstić information content (AvgIpc) is 3.34. The van der Waals surface area contributed by atoms with Crippen LogP contribution in [0.25, 0.3) is 11.1 Å². The lowest BCUT2D eigenvalue weighted by Gasteiger charge is -2.36. The Hall–Kier alpha value is -3.04. The second-order valence-corrected chi connectivity index (χ2v) is 10.9. The van der Waals surface area contributed by atoms with E-state index < -0.39 is 35.4 Å². The second-order valence-electron chi connectivity index (χ2n) is 10.9. The number of piperidine rings is 1. The number of nitrogens with zero attached hydrogens (tertiary/aromatic N) is 2. The molecule has 2 aliphatic rings. The molecule has 2 atom stereocenters. The summed E-state index contributed by atoms with van der Waals surface area (Å²) in [6, 6.07) is 10.4. The number of aliphatic hydroxyl groups is 1. The molecule has 2 aliphatic heterocycles. The molecule has 0 aliphatic carbocycles. The van der Waals surface area contributed by atoms with Crippen molar-refractivity contribution in [1.29, 1.82) is 0 Å². The number of benzene rings is 2. The summed E-state index contributed by atoms with van der Waals surface area (Å²) in [7, 11) is 0. The standard InChI is InChI=1S/C30H39F2N3O4/c1-3-30(32,4-2)19-34-13-11-20(12-14-34)18-39-24-8-5-21(6-9-24)25-10-7-22(15-26(25)31)29(38)35-17-23(36)16-27(35)28(33)37/h5-10,15,20,23,27,36H,3-4,11-14,16-19H2,1-2H3,(H2,33,37). The zero-order valence-corrected chi connectivity index (χ0v) is 22.7. The van der Waals surface area contributed by atoms with E-state index in [1.54, 1.807) is 24.3 Å². The summed E-state index contributed by atoms with van der Waals surface area (Å²) in [6.07, 6.45) is 2.24. The lowest BCUT2D eigenvalue weighted by Crippen LogP contribution is -2.44. The molecule has 212 valence electrons. The molecule has 2 aromatic carbocycles. The zero-order valence-electron chi connectivity index (χ0n) is 22.7. The van der Waals surface area contributed by atoms with Gasteiger partial charge in [-0.1, -0.05) is 32.0 Å². The fourth-order valence-electron chi connectivity index (χ4n) is 5.49. The van der Waals surface area contributed by atoms with Gasteiger partial charge >= 0.3 is 0 Å². The van der Waals surface area contributed by atoms with Crippen LogP contribution in [0.4, 0.5) is 8.78 Å². The molecule has 0 bridgehead atoms. The number of ether oxygens (including phenoxy) is 1. The van der Waals surface area contributed by atoms with E-state index in [1.807, 2.05) is 13.8 Å². The summed E-state index contributed by atoms with van der Waals surface area (Å²) >= 11 is 0. The minimum Gasteiger partial charge on any atom is -0.493 e. The molecule has 3 N–H and O–H groups in total. The van der Waals surface area contributed by atoms with Gasteiger partial charge in [0.25, 0.3) is 5.91 Å². The number of β-amino-alcohol motifs (C(OH)–C–C–N with tert-alkyl or cyclic N) is 1. The van der Waals surface area contributed by atoms with Crippen LogP contribution >= 0.6 is 0 Å². The maximum absolute atomic E-state index is 15.0. The van der Waals surface area contributed by atoms with Crippen molar-refractivity contribution in [2.45, 2.75) is 63.8 Å². The van der Waals surface area contributed by atoms with Gasteiger partial charge in [-0.15, -0.1) is 0 Å². The smallest absolute Gasteiger partial charge is 0.254 e. The van der Waals surface area contributed by atoms with E-state index >= 15 is 4.39 Å². The number of alkyl halides is 1. The third-order valence-electron chi connectivity index (χ3n) is 8.22. The number of rotatable bonds is 10. The lowest BCUT2D eigenvalue weighted by atomic mass is 9.94. The molecule has 9 heteroatoms. The van der Waals surface area contributed by atoms with Crippen LogP contribution in [-0.4, -0.2) is 77.3 Å². The van der Waals surface area contributed by atoms with E-state index in [-0.39, 0.29) is 18.5 Å². The van der Waals surface area contributed by atoms with Gasteiger partial charge in [0.15, 0.2) is 0 Å². The second kappa shape index (κ2) is 12.4. The van der Waals surface area contributed by atoms with E-state index in [0.717, 1.165) is 32.0 Å². The molecule has 2 unspecified atom stereocenters. The van der Waals surface area contributed by atoms with Crippen molar-refractivity contribution in [1.82, 2.24) is 9.80 Å². The molecule has 0 radical (unpaired) electrons. The highest BCUT2D eigenvalue weighted by Gasteiger charge is 2.38. The molecule has 39 heavy (non-hydrogen) atoms. The van der Waals surface area contributed by atoms with Gasteiger partial charge in [0, 0.05) is 30.6 Å². The molecule has 7 nitrogen and oxygen atoms in total. The van der Waals surface area contributed by atoms with Crippen molar-refractivity contribution >= 4 is 11.8 Å². The number of amides is 2. The normalized spacial score (nSPS) is 20.8. The molecule has 2 amide bonds. The molecule has 2 saturated heterocycles. The van der Waals surface area contributed by atoms with Crippen LogP contribution in [-0.2, 0) is 4.79 Å². The number of aliphatic hydroxyl groups excluding tert-OH is 1. The Kier molecular flexibility index (Phi) is 9.23. The summed E-state index contributed by atoms with van der Waals surface area (Å²) in [5, 5.41) is 9.86. The molecule has 4 rings (SSSR count). The van der Waals surface area contributed by atoms with Crippen LogP contribution in [0.5, 0.6) is 5.75 Å². The first-order valence-electron chi connectivity index (χ1n) is 13.8. The number of carbonyl (C=O) groups excluding carboxylic acids is 2. The SMILES string of the molecule is CCC(F)(CC)CN1CCC(COc2ccc(-c3ccc(C(=O)N4CC(O)CC4C(N)=O)cc3F)cc2)CC1. The van der Waals surface area contributed by atoms with Crippen LogP contribution in [0.15, 0.2) is 42.5 Å². The van der Waals surface area contributed by atoms with Gasteiger partial charge in [-0.05, 0) is 74.5 Å². The van der Waals surface area contributed by atoms with Crippen LogP contribution in [0.1, 0.15) is 56.3 Å². The quantitative estimate of drug-likeness (QED) is 0.469. The molecule has 0 aromatic heterocycles. The highest BCUT2D eigenvalue weighted by atomic mass is 19.1. The Bertz CT molecular complexity index is 1150. The minimum absolute atomic E-state index is 0.0214. The van der Waals surface area contributed by atoms with Gasteiger partial charge < -0.3 is 25.4 Å². The van der Waals surface area contributed by atoms with Crippen LogP contribution in [0.3, 0.4) is 0 Å². The summed E-state index contributed by atoms with van der Waals surface area (Å²) in [4.78, 5) is 27.9. The van der Waals surface area contributed by atoms with Crippen molar-refractivity contribution in [3.05, 3.63) is 53.8 Å². The number of hydrogen-bond acceptors (Lipinski definition) is 5. The van der Waals surface area contributed by atoms with Crippen molar-refractivity contribution in [3.8, 4) is 16.9 Å². The molecular formula is C30H39F2N3O4. The number of halogens is 2. The third kappa shape index (κ3) is 6.94. The summed E-state index contributed by atoms with van der Waals surface area (Å²) in [5.74, 6) is -0.711. The average molecular weight is 544 g/mol. The van der Waals surface area contributed by atoms with Gasteiger partial charge in [0.05, 0.1) is 12.7 Å². The lowest BCUT2D eigenvalue weighted by molar-refractivity contribution is -0.121. The topological polar surface area (TPSA) is 96.1 Å². The van der Waals surface area contributed by atoms with E-state index in [0.29, 0.717) is 48.8 Å². The van der Waals surface area contributed by atoms with Gasteiger partial charge in [0.2, 0.25) is 5.91 Å². The fourth-order valence-corrected chi connectivity index (χ4v) is 5.49. The summed E-state index contributed by atoms with van der Waals surface area (Å²) in [6.45, 7) is 6.62. The Morgan fingerprint density at radius 2 is 1.77 bits per heavy atom. The zero-order chi connectivity index (χ0) is 28.2. The maximum Gasteiger partial charge on any atom is 0.254 e. The highest BCUT2D eigenvalue weighted by molar-refractivity contribution is 5.98. The van der Waals surface area contributed by atoms with Gasteiger partial charge in [-0.2, -0.15) is 0 Å². The number of primary amides is 1. The third-order valence-corrected chi connectivity index (χ3v) is 8.22. The predicted molar refractivity (Wildman–Crippen MR) is 146 cm³/mol. The van der Waals surface area contributed by atoms with Gasteiger partial charge in [-0.25, -0.2) is 8.78 Å². The molecule has 2 aromatic rings. The fraction of sp³-hybridized carbons (Fsp3) is 0.533. The van der Waals surface area contributed by atoms with Gasteiger partial charge in [0.1, 0.15) is 23.3 Å². The summed E-state index contributed by atoms with van der Waals surface area (Å²) < 4.78 is 35.7. The monoisotopic (exact) mass is 543 g/mol. The number of likely N-dealkylation sites (tertiary alicyclic amines) is 2. The van der Waals surface area contributed by atoms with Crippen LogP contribution in [0, 0.1) is 11.7 Å². The number of hydrogen-bond donors (Lipinski definition) is 2. The van der Waals surface area contributed by atoms with E-state index in [2.05, 4.69) is 4.90 Å². The van der Waals surface area contributed by atoms with E-state index in [9.17, 15) is 19.1 Å². The first-order chi connectivity index (χ1) is 18.6. The molecular weight excluding hydrogens is 504 g/mol. The maximum atomic E-state index is 15.0. The molecule has 2 heterocycles. The Morgan fingerprint density at radius 1 is 1.10 bits per heavy atom. The number of nitrogens with two attached hydrogens (primary N) is 1. The largest absolute Gasteiger partial charge is 0.493 e. The Morgan fingerprint density at radius 3 is 2.36 bits per heavy atom. The number of carbonyl (C=O) groups is 2. The van der Waals surface area contributed by atoms with Crippen LogP contribution < -0.4 is 10.5 Å². The van der Waals surface area contributed by atoms with Crippen molar-refractivity contribution in [2.75, 3.05) is 32.8 Å². The van der Waals surface area contributed by atoms with Gasteiger partial charge in [-0.3, -0.25) is 9.59 Å². The Labute approximate surface area is 228 Å². The minimum atomic E-state index is -1.11. The molecule has 0 saturated carbocycles. The summed E-state index contributed by atoms with van der Waals surface area (Å²) in [5.41, 5.74) is 5.32. The highest BCUT2D eigenvalue weighted by Crippen LogP contribution is 2.29. The van der Waals surface area contributed by atoms with E-state index in [1.165, 1.54) is 17.0 Å². The van der Waals surface area contributed by atoms with Crippen molar-refractivity contribution in [2.24, 2.45) is 11.7 Å². The van der Waals surface area contributed by atoms with Crippen molar-refractivity contribution < 1.29 is 28.2 Å².